The van der Waals surface area contributed by atoms with Crippen LogP contribution in [0, 0.1) is 0 Å². The van der Waals surface area contributed by atoms with Gasteiger partial charge in [-0.1, -0.05) is 0 Å². The fourth-order valence-electron chi connectivity index (χ4n) is 2.91. The number of fused-ring (bicyclic) bond motifs is 2. The van der Waals surface area contributed by atoms with Crippen molar-refractivity contribution in [3.05, 3.63) is 30.1 Å². The van der Waals surface area contributed by atoms with E-state index < -0.39 is 28.5 Å². The van der Waals surface area contributed by atoms with Crippen LogP contribution in [0.15, 0.2) is 24.5 Å². The number of carbonyl (C=O) groups is 2. The summed E-state index contributed by atoms with van der Waals surface area (Å²) in [6.45, 7) is 0.468. The molecule has 1 aromatic heterocycles. The third-order valence-corrected chi connectivity index (χ3v) is 4.37. The van der Waals surface area contributed by atoms with Gasteiger partial charge in [0.2, 0.25) is 5.91 Å². The standard InChI is InChI=1S/C13H16N4O6S/c18-12(15-7-9-3-5-14-6-4-9)11-2-1-10-8-16(11)13(19)17(10)23-24(20,21)22/h3-6,10-11H,1-2,7-8H2,(H,15,18)(H,20,21,22)/t10-,11+/m1/s1. The van der Waals surface area contributed by atoms with E-state index in [-0.39, 0.29) is 12.5 Å². The second-order valence-electron chi connectivity index (χ2n) is 5.58. The Hall–Kier alpha value is -2.24. The van der Waals surface area contributed by atoms with Crippen molar-refractivity contribution < 1.29 is 26.8 Å². The molecule has 0 radical (unpaired) electrons. The summed E-state index contributed by atoms with van der Waals surface area (Å²) in [6.07, 6.45) is 4.00. The first-order chi connectivity index (χ1) is 11.3. The summed E-state index contributed by atoms with van der Waals surface area (Å²) in [5, 5.41) is 3.36. The lowest BCUT2D eigenvalue weighted by molar-refractivity contribution is -0.126. The summed E-state index contributed by atoms with van der Waals surface area (Å²) in [6, 6.07) is 1.56. The molecular formula is C13H16N4O6S. The van der Waals surface area contributed by atoms with Crippen LogP contribution in [0.25, 0.3) is 0 Å². The van der Waals surface area contributed by atoms with Gasteiger partial charge in [0.25, 0.3) is 0 Å². The molecule has 10 nitrogen and oxygen atoms in total. The van der Waals surface area contributed by atoms with Crippen LogP contribution in [0.2, 0.25) is 0 Å². The number of rotatable bonds is 5. The summed E-state index contributed by atoms with van der Waals surface area (Å²) in [4.78, 5) is 29.7. The topological polar surface area (TPSA) is 129 Å². The minimum Gasteiger partial charge on any atom is -0.350 e. The highest BCUT2D eigenvalue weighted by molar-refractivity contribution is 7.80. The second kappa shape index (κ2) is 6.34. The SMILES string of the molecule is O=C(NCc1ccncc1)[C@@H]1CC[C@@H]2CN1C(=O)N2OS(=O)(=O)O. The van der Waals surface area contributed by atoms with Crippen molar-refractivity contribution in [3.63, 3.8) is 0 Å². The zero-order chi connectivity index (χ0) is 17.3. The quantitative estimate of drug-likeness (QED) is 0.693. The molecule has 130 valence electrons. The van der Waals surface area contributed by atoms with E-state index in [1.165, 1.54) is 4.90 Å². The van der Waals surface area contributed by atoms with Crippen molar-refractivity contribution in [2.45, 2.75) is 31.5 Å². The number of hydroxylamine groups is 2. The van der Waals surface area contributed by atoms with Crippen molar-refractivity contribution in [2.75, 3.05) is 6.54 Å². The zero-order valence-corrected chi connectivity index (χ0v) is 13.3. The molecule has 2 aliphatic heterocycles. The number of nitrogens with one attached hydrogen (secondary N) is 1. The maximum absolute atomic E-state index is 12.3. The summed E-state index contributed by atoms with van der Waals surface area (Å²) in [5.74, 6) is -0.327. The predicted molar refractivity (Wildman–Crippen MR) is 79.5 cm³/mol. The Morgan fingerprint density at radius 2 is 2.08 bits per heavy atom. The molecule has 11 heteroatoms. The number of nitrogens with zero attached hydrogens (tertiary/aromatic N) is 3. The molecule has 3 rings (SSSR count). The van der Waals surface area contributed by atoms with Crippen LogP contribution in [0.1, 0.15) is 18.4 Å². The lowest BCUT2D eigenvalue weighted by atomic mass is 10.0. The van der Waals surface area contributed by atoms with Crippen molar-refractivity contribution >= 4 is 22.3 Å². The van der Waals surface area contributed by atoms with Gasteiger partial charge in [-0.15, -0.1) is 4.28 Å². The first-order valence-electron chi connectivity index (χ1n) is 7.28. The van der Waals surface area contributed by atoms with Crippen molar-refractivity contribution in [1.82, 2.24) is 20.3 Å². The van der Waals surface area contributed by atoms with Crippen LogP contribution < -0.4 is 5.32 Å². The number of piperidine rings is 1. The Morgan fingerprint density at radius 1 is 1.38 bits per heavy atom. The number of carbonyl (C=O) groups excluding carboxylic acids is 2. The Morgan fingerprint density at radius 3 is 2.75 bits per heavy atom. The van der Waals surface area contributed by atoms with E-state index in [0.29, 0.717) is 24.4 Å². The summed E-state index contributed by atoms with van der Waals surface area (Å²) >= 11 is 0. The Kier molecular flexibility index (Phi) is 4.39. The van der Waals surface area contributed by atoms with Gasteiger partial charge in [0.15, 0.2) is 0 Å². The average molecular weight is 356 g/mol. The zero-order valence-electron chi connectivity index (χ0n) is 12.5. The molecule has 0 saturated carbocycles. The predicted octanol–water partition coefficient (Wildman–Crippen LogP) is -0.299. The van der Waals surface area contributed by atoms with Gasteiger partial charge in [0.1, 0.15) is 6.04 Å². The largest absolute Gasteiger partial charge is 0.418 e. The highest BCUT2D eigenvalue weighted by Gasteiger charge is 2.49. The van der Waals surface area contributed by atoms with Crippen LogP contribution in [0.3, 0.4) is 0 Å². The first kappa shape index (κ1) is 16.6. The van der Waals surface area contributed by atoms with Crippen molar-refractivity contribution in [2.24, 2.45) is 0 Å². The fraction of sp³-hybridized carbons (Fsp3) is 0.462. The van der Waals surface area contributed by atoms with Crippen LogP contribution in [-0.2, 0) is 26.0 Å². The van der Waals surface area contributed by atoms with Crippen LogP contribution >= 0.6 is 0 Å². The molecule has 3 heterocycles. The number of pyridine rings is 1. The molecule has 3 amide bonds. The number of aromatic nitrogens is 1. The fourth-order valence-corrected chi connectivity index (χ4v) is 3.30. The molecule has 2 fully saturated rings. The van der Waals surface area contributed by atoms with Gasteiger partial charge in [0, 0.05) is 25.5 Å². The maximum Gasteiger partial charge on any atom is 0.418 e. The highest BCUT2D eigenvalue weighted by Crippen LogP contribution is 2.30. The molecule has 24 heavy (non-hydrogen) atoms. The van der Waals surface area contributed by atoms with Crippen molar-refractivity contribution in [1.29, 1.82) is 0 Å². The van der Waals surface area contributed by atoms with Gasteiger partial charge in [-0.2, -0.15) is 13.5 Å². The van der Waals surface area contributed by atoms with Crippen LogP contribution in [0.5, 0.6) is 0 Å². The maximum atomic E-state index is 12.3. The van der Waals surface area contributed by atoms with Gasteiger partial charge in [-0.05, 0) is 30.5 Å². The molecule has 1 aromatic rings. The van der Waals surface area contributed by atoms with Crippen molar-refractivity contribution in [3.8, 4) is 0 Å². The van der Waals surface area contributed by atoms with E-state index in [1.54, 1.807) is 24.5 Å². The summed E-state index contributed by atoms with van der Waals surface area (Å²) in [5.41, 5.74) is 0.871. The molecule has 2 atom stereocenters. The molecule has 2 bridgehead atoms. The molecular weight excluding hydrogens is 340 g/mol. The van der Waals surface area contributed by atoms with Gasteiger partial charge >= 0.3 is 16.4 Å². The number of hydrogen-bond acceptors (Lipinski definition) is 6. The number of hydrogen-bond donors (Lipinski definition) is 2. The third kappa shape index (κ3) is 3.47. The minimum atomic E-state index is -4.79. The first-order valence-corrected chi connectivity index (χ1v) is 8.65. The van der Waals surface area contributed by atoms with E-state index in [1.807, 2.05) is 0 Å². The van der Waals surface area contributed by atoms with E-state index in [9.17, 15) is 18.0 Å². The summed E-state index contributed by atoms with van der Waals surface area (Å²) in [7, 11) is -4.79. The molecule has 2 N–H and O–H groups in total. The minimum absolute atomic E-state index is 0.168. The van der Waals surface area contributed by atoms with Gasteiger partial charge in [-0.3, -0.25) is 14.3 Å². The summed E-state index contributed by atoms with van der Waals surface area (Å²) < 4.78 is 34.7. The van der Waals surface area contributed by atoms with E-state index in [4.69, 9.17) is 4.55 Å². The van der Waals surface area contributed by atoms with E-state index in [0.717, 1.165) is 5.56 Å². The average Bonchev–Trinajstić information content (AvgIpc) is 2.77. The molecule has 0 unspecified atom stereocenters. The Balaban J connectivity index is 1.64. The second-order valence-corrected chi connectivity index (χ2v) is 6.59. The lowest BCUT2D eigenvalue weighted by Crippen LogP contribution is -2.49. The number of urea groups is 1. The smallest absolute Gasteiger partial charge is 0.350 e. The molecule has 2 aliphatic rings. The molecule has 0 aromatic carbocycles. The number of amides is 3. The third-order valence-electron chi connectivity index (χ3n) is 4.02. The Labute approximate surface area is 138 Å². The van der Waals surface area contributed by atoms with E-state index >= 15 is 0 Å². The Bertz CT molecular complexity index is 740. The molecule has 2 saturated heterocycles. The van der Waals surface area contributed by atoms with Gasteiger partial charge < -0.3 is 10.2 Å². The van der Waals surface area contributed by atoms with Crippen LogP contribution in [-0.4, -0.2) is 58.5 Å². The van der Waals surface area contributed by atoms with Crippen LogP contribution in [0.4, 0.5) is 4.79 Å². The molecule has 0 aliphatic carbocycles. The monoisotopic (exact) mass is 356 g/mol. The lowest BCUT2D eigenvalue weighted by Gasteiger charge is -2.29. The van der Waals surface area contributed by atoms with Gasteiger partial charge in [0.05, 0.1) is 6.04 Å². The highest BCUT2D eigenvalue weighted by atomic mass is 32.3. The molecule has 0 spiro atoms. The van der Waals surface area contributed by atoms with Gasteiger partial charge in [-0.25, -0.2) is 4.79 Å². The van der Waals surface area contributed by atoms with E-state index in [2.05, 4.69) is 14.6 Å². The normalized spacial score (nSPS) is 23.5.